The van der Waals surface area contributed by atoms with Gasteiger partial charge in [0.25, 0.3) is 5.91 Å². The fourth-order valence-electron chi connectivity index (χ4n) is 1.73. The molecule has 104 valence electrons. The molecule has 0 aliphatic heterocycles. The SMILES string of the molecule is CCC(Oc1cccc(C)c1)C(=O)Nc1ncccn1. The van der Waals surface area contributed by atoms with Crippen LogP contribution in [-0.2, 0) is 4.79 Å². The average molecular weight is 271 g/mol. The molecule has 1 aromatic heterocycles. The predicted molar refractivity (Wildman–Crippen MR) is 76.5 cm³/mol. The Morgan fingerprint density at radius 3 is 2.70 bits per heavy atom. The molecule has 0 aliphatic carbocycles. The van der Waals surface area contributed by atoms with E-state index in [1.165, 1.54) is 0 Å². The van der Waals surface area contributed by atoms with Crippen molar-refractivity contribution < 1.29 is 9.53 Å². The normalized spacial score (nSPS) is 11.7. The van der Waals surface area contributed by atoms with Crippen LogP contribution in [0.25, 0.3) is 0 Å². The summed E-state index contributed by atoms with van der Waals surface area (Å²) in [5, 5.41) is 2.64. The molecule has 0 radical (unpaired) electrons. The van der Waals surface area contributed by atoms with Gasteiger partial charge < -0.3 is 4.74 Å². The Morgan fingerprint density at radius 2 is 2.05 bits per heavy atom. The monoisotopic (exact) mass is 271 g/mol. The van der Waals surface area contributed by atoms with Crippen LogP contribution in [0, 0.1) is 6.92 Å². The van der Waals surface area contributed by atoms with Crippen molar-refractivity contribution in [3.63, 3.8) is 0 Å². The molecule has 5 nitrogen and oxygen atoms in total. The molecule has 0 spiro atoms. The molecule has 1 amide bonds. The van der Waals surface area contributed by atoms with Crippen molar-refractivity contribution in [1.29, 1.82) is 0 Å². The molecule has 1 unspecified atom stereocenters. The van der Waals surface area contributed by atoms with E-state index in [0.717, 1.165) is 5.56 Å². The van der Waals surface area contributed by atoms with Crippen molar-refractivity contribution in [1.82, 2.24) is 9.97 Å². The number of hydrogen-bond acceptors (Lipinski definition) is 4. The van der Waals surface area contributed by atoms with Crippen LogP contribution >= 0.6 is 0 Å². The highest BCUT2D eigenvalue weighted by molar-refractivity contribution is 5.92. The van der Waals surface area contributed by atoms with E-state index in [1.54, 1.807) is 18.5 Å². The van der Waals surface area contributed by atoms with Gasteiger partial charge in [0.1, 0.15) is 5.75 Å². The average Bonchev–Trinajstić information content (AvgIpc) is 2.46. The highest BCUT2D eigenvalue weighted by atomic mass is 16.5. The molecule has 0 bridgehead atoms. The number of hydrogen-bond donors (Lipinski definition) is 1. The lowest BCUT2D eigenvalue weighted by Crippen LogP contribution is -2.33. The van der Waals surface area contributed by atoms with Gasteiger partial charge in [-0.2, -0.15) is 0 Å². The summed E-state index contributed by atoms with van der Waals surface area (Å²) in [6.07, 6.45) is 3.14. The Hall–Kier alpha value is -2.43. The van der Waals surface area contributed by atoms with E-state index >= 15 is 0 Å². The number of aromatic nitrogens is 2. The molecule has 1 atom stereocenters. The number of nitrogens with one attached hydrogen (secondary N) is 1. The molecular formula is C15H17N3O2. The maximum atomic E-state index is 12.1. The highest BCUT2D eigenvalue weighted by Crippen LogP contribution is 2.16. The summed E-state index contributed by atoms with van der Waals surface area (Å²) in [6.45, 7) is 3.87. The second-order valence-corrected chi connectivity index (χ2v) is 4.39. The zero-order valence-electron chi connectivity index (χ0n) is 11.5. The largest absolute Gasteiger partial charge is 0.481 e. The maximum Gasteiger partial charge on any atom is 0.267 e. The van der Waals surface area contributed by atoms with Crippen molar-refractivity contribution in [3.8, 4) is 5.75 Å². The van der Waals surface area contributed by atoms with Crippen molar-refractivity contribution in [3.05, 3.63) is 48.3 Å². The Bertz CT molecular complexity index is 572. The van der Waals surface area contributed by atoms with E-state index in [1.807, 2.05) is 38.1 Å². The second kappa shape index (κ2) is 6.65. The summed E-state index contributed by atoms with van der Waals surface area (Å²) in [6, 6.07) is 9.30. The molecule has 2 rings (SSSR count). The Balaban J connectivity index is 2.02. The van der Waals surface area contributed by atoms with E-state index in [0.29, 0.717) is 12.2 Å². The van der Waals surface area contributed by atoms with Gasteiger partial charge in [-0.15, -0.1) is 0 Å². The number of aryl methyl sites for hydroxylation is 1. The summed E-state index contributed by atoms with van der Waals surface area (Å²) in [5.41, 5.74) is 1.09. The summed E-state index contributed by atoms with van der Waals surface area (Å²) >= 11 is 0. The van der Waals surface area contributed by atoms with E-state index in [4.69, 9.17) is 4.74 Å². The van der Waals surface area contributed by atoms with Gasteiger partial charge in [-0.1, -0.05) is 19.1 Å². The first-order valence-electron chi connectivity index (χ1n) is 6.50. The van der Waals surface area contributed by atoms with Crippen molar-refractivity contribution in [2.24, 2.45) is 0 Å². The summed E-state index contributed by atoms with van der Waals surface area (Å²) < 4.78 is 5.71. The first-order valence-corrected chi connectivity index (χ1v) is 6.50. The third kappa shape index (κ3) is 3.78. The fourth-order valence-corrected chi connectivity index (χ4v) is 1.73. The topological polar surface area (TPSA) is 64.1 Å². The Labute approximate surface area is 118 Å². The first kappa shape index (κ1) is 14.0. The van der Waals surface area contributed by atoms with Crippen LogP contribution in [0.3, 0.4) is 0 Å². The number of carbonyl (C=O) groups is 1. The number of carbonyl (C=O) groups excluding carboxylic acids is 1. The molecule has 0 saturated carbocycles. The van der Waals surface area contributed by atoms with Gasteiger partial charge in [0.2, 0.25) is 5.95 Å². The van der Waals surface area contributed by atoms with Crippen LogP contribution in [0.4, 0.5) is 5.95 Å². The highest BCUT2D eigenvalue weighted by Gasteiger charge is 2.19. The third-order valence-electron chi connectivity index (χ3n) is 2.73. The minimum Gasteiger partial charge on any atom is -0.481 e. The molecule has 1 N–H and O–H groups in total. The van der Waals surface area contributed by atoms with Gasteiger partial charge in [0.05, 0.1) is 0 Å². The van der Waals surface area contributed by atoms with E-state index < -0.39 is 6.10 Å². The van der Waals surface area contributed by atoms with Crippen LogP contribution in [-0.4, -0.2) is 22.0 Å². The smallest absolute Gasteiger partial charge is 0.267 e. The van der Waals surface area contributed by atoms with Crippen LogP contribution in [0.1, 0.15) is 18.9 Å². The number of anilines is 1. The maximum absolute atomic E-state index is 12.1. The van der Waals surface area contributed by atoms with Crippen molar-refractivity contribution in [2.75, 3.05) is 5.32 Å². The number of benzene rings is 1. The Morgan fingerprint density at radius 1 is 1.30 bits per heavy atom. The number of amides is 1. The molecule has 2 aromatic rings. The third-order valence-corrected chi connectivity index (χ3v) is 2.73. The zero-order chi connectivity index (χ0) is 14.4. The van der Waals surface area contributed by atoms with E-state index in [-0.39, 0.29) is 11.9 Å². The lowest BCUT2D eigenvalue weighted by Gasteiger charge is -2.16. The summed E-state index contributed by atoms with van der Waals surface area (Å²) in [5.74, 6) is 0.713. The molecule has 0 fully saturated rings. The molecule has 20 heavy (non-hydrogen) atoms. The summed E-state index contributed by atoms with van der Waals surface area (Å²) in [7, 11) is 0. The zero-order valence-corrected chi connectivity index (χ0v) is 11.5. The van der Waals surface area contributed by atoms with Crippen LogP contribution in [0.15, 0.2) is 42.7 Å². The molecule has 0 saturated heterocycles. The van der Waals surface area contributed by atoms with Crippen LogP contribution in [0.2, 0.25) is 0 Å². The lowest BCUT2D eigenvalue weighted by molar-refractivity contribution is -0.122. The first-order chi connectivity index (χ1) is 9.69. The molecule has 0 aliphatic rings. The molecule has 1 aromatic carbocycles. The van der Waals surface area contributed by atoms with Gasteiger partial charge in [0, 0.05) is 12.4 Å². The summed E-state index contributed by atoms with van der Waals surface area (Å²) in [4.78, 5) is 20.0. The number of nitrogens with zero attached hydrogens (tertiary/aromatic N) is 2. The quantitative estimate of drug-likeness (QED) is 0.907. The van der Waals surface area contributed by atoms with E-state index in [9.17, 15) is 4.79 Å². The minimum atomic E-state index is -0.569. The van der Waals surface area contributed by atoms with Gasteiger partial charge in [-0.3, -0.25) is 10.1 Å². The molecule has 5 heteroatoms. The Kier molecular flexibility index (Phi) is 4.65. The molecular weight excluding hydrogens is 254 g/mol. The standard InChI is InChI=1S/C15H17N3O2/c1-3-13(20-12-7-4-6-11(2)10-12)14(19)18-15-16-8-5-9-17-15/h4-10,13H,3H2,1-2H3,(H,16,17,18,19). The van der Waals surface area contributed by atoms with Gasteiger partial charge in [-0.25, -0.2) is 9.97 Å². The van der Waals surface area contributed by atoms with Crippen molar-refractivity contribution in [2.45, 2.75) is 26.4 Å². The van der Waals surface area contributed by atoms with Crippen LogP contribution < -0.4 is 10.1 Å². The number of ether oxygens (including phenoxy) is 1. The van der Waals surface area contributed by atoms with Crippen LogP contribution in [0.5, 0.6) is 5.75 Å². The van der Waals surface area contributed by atoms with Gasteiger partial charge >= 0.3 is 0 Å². The van der Waals surface area contributed by atoms with Gasteiger partial charge in [-0.05, 0) is 37.1 Å². The van der Waals surface area contributed by atoms with Crippen molar-refractivity contribution >= 4 is 11.9 Å². The lowest BCUT2D eigenvalue weighted by atomic mass is 10.2. The second-order valence-electron chi connectivity index (χ2n) is 4.39. The van der Waals surface area contributed by atoms with E-state index in [2.05, 4.69) is 15.3 Å². The van der Waals surface area contributed by atoms with Gasteiger partial charge in [0.15, 0.2) is 6.10 Å². The minimum absolute atomic E-state index is 0.250. The molecule has 1 heterocycles. The fraction of sp³-hybridized carbons (Fsp3) is 0.267. The number of rotatable bonds is 5. The predicted octanol–water partition coefficient (Wildman–Crippen LogP) is 2.58.